The lowest BCUT2D eigenvalue weighted by molar-refractivity contribution is -0.141. The predicted octanol–water partition coefficient (Wildman–Crippen LogP) is 9.32. The number of aromatic amines is 1. The van der Waals surface area contributed by atoms with Gasteiger partial charge in [0.25, 0.3) is 5.91 Å². The summed E-state index contributed by atoms with van der Waals surface area (Å²) in [5.41, 5.74) is -1.32. The monoisotopic (exact) mass is 1060 g/mol. The van der Waals surface area contributed by atoms with Crippen LogP contribution < -0.4 is 19.9 Å². The zero-order chi connectivity index (χ0) is 53.6. The summed E-state index contributed by atoms with van der Waals surface area (Å²) in [7, 11) is 0. The minimum absolute atomic E-state index is 0.0160. The number of aliphatic hydroxyl groups is 1. The SMILES string of the molecule is Cc1ncsc1-c1ccc2nc([C@@H]3C[C@@H](O)CN3C(=O)[C@@H](NC(=O)COCCCCOc3ccc(-c4ncc(N5C(=S)N(c6ccc(C#N)c(C(F)(F)F)c6F)C(=O)C5(C)C)cc4F)cc3F)C(C)(C)C)[nH]c2c1. The molecule has 5 heterocycles. The topological polar surface area (TPSA) is 190 Å². The third-order valence-corrected chi connectivity index (χ3v) is 14.0. The number of hydrogen-bond donors (Lipinski definition) is 3. The Balaban J connectivity index is 0.824. The van der Waals surface area contributed by atoms with Gasteiger partial charge in [-0.15, -0.1) is 11.3 Å². The Morgan fingerprint density at radius 1 is 1.03 bits per heavy atom. The molecule has 15 nitrogen and oxygen atoms in total. The van der Waals surface area contributed by atoms with E-state index in [1.165, 1.54) is 43.4 Å². The smallest absolute Gasteiger partial charge is 0.420 e. The number of unbranched alkanes of at least 4 members (excludes halogenated alkanes) is 1. The number of pyridine rings is 1. The van der Waals surface area contributed by atoms with Gasteiger partial charge in [0.2, 0.25) is 11.8 Å². The maximum atomic E-state index is 15.8. The van der Waals surface area contributed by atoms with Crippen LogP contribution in [-0.2, 0) is 25.3 Å². The molecule has 2 saturated heterocycles. The number of alkyl halides is 3. The van der Waals surface area contributed by atoms with Crippen molar-refractivity contribution in [2.75, 3.05) is 36.2 Å². The number of thiazole rings is 1. The number of fused-ring (bicyclic) bond motifs is 1. The van der Waals surface area contributed by atoms with Crippen molar-refractivity contribution in [2.45, 2.75) is 90.7 Å². The van der Waals surface area contributed by atoms with Crippen LogP contribution >= 0.6 is 23.6 Å². The molecule has 3 aromatic carbocycles. The molecule has 74 heavy (non-hydrogen) atoms. The zero-order valence-corrected chi connectivity index (χ0v) is 42.4. The molecule has 0 saturated carbocycles. The van der Waals surface area contributed by atoms with Crippen molar-refractivity contribution in [3.8, 4) is 33.5 Å². The Labute approximate surface area is 430 Å². The fraction of sp³-hybridized carbons (Fsp3) is 0.373. The molecule has 0 aliphatic carbocycles. The van der Waals surface area contributed by atoms with Crippen molar-refractivity contribution in [1.29, 1.82) is 5.26 Å². The largest absolute Gasteiger partial charge is 0.491 e. The number of anilines is 2. The zero-order valence-electron chi connectivity index (χ0n) is 40.7. The van der Waals surface area contributed by atoms with Gasteiger partial charge < -0.3 is 34.7 Å². The van der Waals surface area contributed by atoms with Gasteiger partial charge in [-0.2, -0.15) is 18.4 Å². The first kappa shape index (κ1) is 53.3. The van der Waals surface area contributed by atoms with E-state index >= 15 is 13.2 Å². The summed E-state index contributed by atoms with van der Waals surface area (Å²) in [5, 5.41) is 22.3. The first-order chi connectivity index (χ1) is 34.9. The van der Waals surface area contributed by atoms with Gasteiger partial charge in [0.1, 0.15) is 35.3 Å². The molecule has 2 fully saturated rings. The van der Waals surface area contributed by atoms with E-state index < -0.39 is 86.5 Å². The lowest BCUT2D eigenvalue weighted by Crippen LogP contribution is -2.55. The average Bonchev–Trinajstić information content (AvgIpc) is 4.10. The molecular formula is C51H49F6N9O6S2. The minimum atomic E-state index is -5.28. The van der Waals surface area contributed by atoms with E-state index in [9.17, 15) is 37.9 Å². The molecule has 2 aliphatic rings. The van der Waals surface area contributed by atoms with E-state index in [1.54, 1.807) is 10.4 Å². The number of imidazole rings is 1. The van der Waals surface area contributed by atoms with Crippen molar-refractivity contribution in [3.05, 3.63) is 106 Å². The Morgan fingerprint density at radius 2 is 1.76 bits per heavy atom. The van der Waals surface area contributed by atoms with Crippen molar-refractivity contribution in [1.82, 2.24) is 30.2 Å². The minimum Gasteiger partial charge on any atom is -0.491 e. The highest BCUT2D eigenvalue weighted by Crippen LogP contribution is 2.43. The van der Waals surface area contributed by atoms with Crippen molar-refractivity contribution in [3.63, 3.8) is 0 Å². The fourth-order valence-electron chi connectivity index (χ4n) is 8.97. The number of aromatic nitrogens is 4. The van der Waals surface area contributed by atoms with E-state index in [1.807, 2.05) is 45.9 Å². The molecular weight excluding hydrogens is 1010 g/mol. The van der Waals surface area contributed by atoms with Gasteiger partial charge in [0.15, 0.2) is 28.3 Å². The number of aliphatic hydroxyl groups excluding tert-OH is 1. The normalized spacial score (nSPS) is 17.3. The lowest BCUT2D eigenvalue weighted by Gasteiger charge is -2.35. The van der Waals surface area contributed by atoms with Crippen LogP contribution in [0.15, 0.2) is 66.3 Å². The fourth-order valence-corrected chi connectivity index (χ4v) is 10.3. The van der Waals surface area contributed by atoms with Crippen LogP contribution in [0.4, 0.5) is 37.7 Å². The van der Waals surface area contributed by atoms with Gasteiger partial charge in [-0.25, -0.2) is 23.1 Å². The molecule has 3 amide bonds. The third kappa shape index (κ3) is 10.5. The van der Waals surface area contributed by atoms with Crippen LogP contribution in [0.5, 0.6) is 5.75 Å². The summed E-state index contributed by atoms with van der Waals surface area (Å²) in [6, 6.07) is 11.8. The number of nitrogens with zero attached hydrogens (tertiary/aromatic N) is 7. The van der Waals surface area contributed by atoms with Crippen LogP contribution in [0.3, 0.4) is 0 Å². The molecule has 6 aromatic rings. The number of benzene rings is 3. The van der Waals surface area contributed by atoms with Crippen molar-refractivity contribution >= 4 is 68.8 Å². The number of hydrogen-bond acceptors (Lipinski definition) is 12. The molecule has 8 rings (SSSR count). The number of carbonyl (C=O) groups excluding carboxylic acids is 3. The quantitative estimate of drug-likeness (QED) is 0.0503. The number of halogens is 6. The van der Waals surface area contributed by atoms with E-state index in [0.717, 1.165) is 57.0 Å². The van der Waals surface area contributed by atoms with Gasteiger partial charge in [0.05, 0.1) is 75.1 Å². The molecule has 3 atom stereocenters. The highest BCUT2D eigenvalue weighted by atomic mass is 32.1. The summed E-state index contributed by atoms with van der Waals surface area (Å²) in [6.45, 7) is 10.0. The summed E-state index contributed by atoms with van der Waals surface area (Å²) < 4.78 is 99.1. The number of thiocarbonyl (C=S) groups is 1. The van der Waals surface area contributed by atoms with E-state index in [2.05, 4.69) is 20.3 Å². The predicted molar refractivity (Wildman–Crippen MR) is 266 cm³/mol. The number of rotatable bonds is 15. The molecule has 0 bridgehead atoms. The van der Waals surface area contributed by atoms with Crippen LogP contribution in [-0.4, -0.2) is 96.8 Å². The Bertz CT molecular complexity index is 3220. The van der Waals surface area contributed by atoms with Gasteiger partial charge in [0, 0.05) is 31.2 Å². The second-order valence-corrected chi connectivity index (χ2v) is 20.6. The highest BCUT2D eigenvalue weighted by Gasteiger charge is 2.52. The van der Waals surface area contributed by atoms with Gasteiger partial charge in [-0.3, -0.25) is 24.3 Å². The Morgan fingerprint density at radius 3 is 2.42 bits per heavy atom. The number of nitrogens with one attached hydrogen (secondary N) is 2. The first-order valence-corrected chi connectivity index (χ1v) is 24.5. The number of nitriles is 1. The molecule has 0 spiro atoms. The van der Waals surface area contributed by atoms with Crippen LogP contribution in [0.25, 0.3) is 32.7 Å². The van der Waals surface area contributed by atoms with Crippen LogP contribution in [0, 0.1) is 41.1 Å². The standard InChI is InChI=1S/C51H49F6N9O6S2/c1-26-43(74-25-60-26)28-9-12-34-35(18-28)62-45(61-34)37-20-31(67)23-64(37)46(69)44(49(2,3)4)63-39(68)24-71-15-7-8-16-72-38-14-11-27(17-32(38)52)42-33(53)19-30(22-59-42)66-48(73)65(47(70)50(66,5)6)36-13-10-29(21-58)40(41(36)54)51(55,56)57/h9-14,17-19,22,25,31,37,44,67H,7-8,15-16,20,23-24H2,1-6H3,(H,61,62)(H,63,68)/t31-,37+,44-/m1/s1. The number of aryl methyl sites for hydroxylation is 1. The van der Waals surface area contributed by atoms with Crippen LogP contribution in [0.2, 0.25) is 0 Å². The number of carbonyl (C=O) groups is 3. The van der Waals surface area contributed by atoms with Gasteiger partial charge >= 0.3 is 6.18 Å². The molecule has 0 unspecified atom stereocenters. The second kappa shape index (κ2) is 20.7. The Hall–Kier alpha value is -7.00. The number of H-pyrrole nitrogens is 1. The number of β-amino-alcohol motifs (C(OH)–C–C–N with tert-alkyl or cyclic N) is 1. The molecule has 2 aliphatic heterocycles. The maximum absolute atomic E-state index is 15.8. The lowest BCUT2D eigenvalue weighted by atomic mass is 9.85. The van der Waals surface area contributed by atoms with E-state index in [-0.39, 0.29) is 61.4 Å². The summed E-state index contributed by atoms with van der Waals surface area (Å²) in [5.74, 6) is -5.14. The van der Waals surface area contributed by atoms with Gasteiger partial charge in [-0.1, -0.05) is 26.8 Å². The summed E-state index contributed by atoms with van der Waals surface area (Å²) in [4.78, 5) is 61.8. The van der Waals surface area contributed by atoms with Crippen molar-refractivity contribution in [2.24, 2.45) is 5.41 Å². The summed E-state index contributed by atoms with van der Waals surface area (Å²) >= 11 is 6.97. The van der Waals surface area contributed by atoms with E-state index in [4.69, 9.17) is 26.7 Å². The first-order valence-electron chi connectivity index (χ1n) is 23.2. The third-order valence-electron chi connectivity index (χ3n) is 12.7. The molecule has 0 radical (unpaired) electrons. The highest BCUT2D eigenvalue weighted by molar-refractivity contribution is 7.81. The molecule has 388 valence electrons. The Kier molecular flexibility index (Phi) is 14.9. The molecule has 3 N–H and O–H groups in total. The molecule has 23 heteroatoms. The maximum Gasteiger partial charge on any atom is 0.420 e. The number of amides is 3. The van der Waals surface area contributed by atoms with Crippen LogP contribution in [0.1, 0.15) is 82.6 Å². The van der Waals surface area contributed by atoms with E-state index in [0.29, 0.717) is 29.1 Å². The average molecular weight is 1060 g/mol. The van der Waals surface area contributed by atoms with Gasteiger partial charge in [-0.05, 0) is 99.3 Å². The number of likely N-dealkylation sites (tertiary alicyclic amines) is 1. The summed E-state index contributed by atoms with van der Waals surface area (Å²) in [6.07, 6.45) is -3.88. The second-order valence-electron chi connectivity index (χ2n) is 19.4. The molecule has 3 aromatic heterocycles. The number of ether oxygens (including phenoxy) is 2. The van der Waals surface area contributed by atoms with Crippen molar-refractivity contribution < 1.29 is 55.3 Å².